The fourth-order valence-corrected chi connectivity index (χ4v) is 3.66. The third-order valence-corrected chi connectivity index (χ3v) is 4.58. The smallest absolute Gasteiger partial charge is 0.371 e. The Balaban J connectivity index is 1.76. The van der Waals surface area contributed by atoms with Crippen molar-refractivity contribution >= 4 is 28.8 Å². The maximum absolute atomic E-state index is 12.9. The first kappa shape index (κ1) is 11.7. The van der Waals surface area contributed by atoms with Crippen molar-refractivity contribution in [3.8, 4) is 0 Å². The summed E-state index contributed by atoms with van der Waals surface area (Å²) in [6.45, 7) is 0. The molecule has 2 aromatic carbocycles. The molecule has 0 aliphatic carbocycles. The van der Waals surface area contributed by atoms with Crippen LogP contribution in [-0.2, 0) is 0 Å². The molecule has 3 aliphatic heterocycles. The largest absolute Gasteiger partial charge is 0.390 e. The van der Waals surface area contributed by atoms with E-state index < -0.39 is 0 Å². The summed E-state index contributed by atoms with van der Waals surface area (Å²) in [5, 5.41) is 3.43. The van der Waals surface area contributed by atoms with Gasteiger partial charge in [-0.2, -0.15) is 0 Å². The SMILES string of the molecule is NC1=[N+]2c3ccccc3C(=O)C2C2Nc3ccccc3C2=N1. The van der Waals surface area contributed by atoms with Crippen LogP contribution in [0.1, 0.15) is 15.9 Å². The molecule has 2 aromatic rings. The van der Waals surface area contributed by atoms with Gasteiger partial charge in [0.05, 0.1) is 5.56 Å². The topological polar surface area (TPSA) is 70.5 Å². The van der Waals surface area contributed by atoms with E-state index in [0.717, 1.165) is 22.6 Å². The lowest BCUT2D eigenvalue weighted by molar-refractivity contribution is -0.463. The van der Waals surface area contributed by atoms with Crippen LogP contribution in [0.15, 0.2) is 53.5 Å². The molecule has 5 heteroatoms. The lowest BCUT2D eigenvalue weighted by Crippen LogP contribution is -2.50. The summed E-state index contributed by atoms with van der Waals surface area (Å²) in [5.74, 6) is 0.476. The average Bonchev–Trinajstić information content (AvgIpc) is 3.05. The number of fused-ring (bicyclic) bond motifs is 7. The zero-order chi connectivity index (χ0) is 14.8. The summed E-state index contributed by atoms with van der Waals surface area (Å²) in [4.78, 5) is 17.4. The molecule has 0 radical (unpaired) electrons. The molecule has 5 rings (SSSR count). The van der Waals surface area contributed by atoms with Crippen molar-refractivity contribution in [3.05, 3.63) is 59.7 Å². The number of para-hydroxylation sites is 2. The van der Waals surface area contributed by atoms with Crippen molar-refractivity contribution < 1.29 is 9.37 Å². The van der Waals surface area contributed by atoms with Crippen LogP contribution in [0.3, 0.4) is 0 Å². The summed E-state index contributed by atoms with van der Waals surface area (Å²) < 4.78 is 1.85. The Morgan fingerprint density at radius 2 is 1.77 bits per heavy atom. The van der Waals surface area contributed by atoms with Gasteiger partial charge in [-0.1, -0.05) is 29.3 Å². The quantitative estimate of drug-likeness (QED) is 0.722. The number of nitrogens with zero attached hydrogens (tertiary/aromatic N) is 2. The zero-order valence-corrected chi connectivity index (χ0v) is 11.7. The van der Waals surface area contributed by atoms with Gasteiger partial charge in [0.25, 0.3) is 0 Å². The first-order valence-electron chi connectivity index (χ1n) is 7.25. The first-order chi connectivity index (χ1) is 10.8. The number of nitrogens with two attached hydrogens (primary N) is 1. The summed E-state index contributed by atoms with van der Waals surface area (Å²) in [5.41, 5.74) is 10.6. The Kier molecular flexibility index (Phi) is 2.03. The normalized spacial score (nSPS) is 24.2. The third kappa shape index (κ3) is 1.26. The highest BCUT2D eigenvalue weighted by Crippen LogP contribution is 2.38. The molecule has 0 saturated carbocycles. The minimum atomic E-state index is -0.364. The molecule has 0 aromatic heterocycles. The highest BCUT2D eigenvalue weighted by Gasteiger charge is 2.52. The number of carbonyl (C=O) groups is 1. The molecule has 3 N–H and O–H groups in total. The van der Waals surface area contributed by atoms with Crippen LogP contribution in [0.25, 0.3) is 0 Å². The Bertz CT molecular complexity index is 912. The van der Waals surface area contributed by atoms with Gasteiger partial charge in [-0.25, -0.2) is 4.58 Å². The second kappa shape index (κ2) is 3.82. The molecule has 2 atom stereocenters. The van der Waals surface area contributed by atoms with Crippen LogP contribution in [0, 0.1) is 0 Å². The van der Waals surface area contributed by atoms with Crippen LogP contribution >= 0.6 is 0 Å². The van der Waals surface area contributed by atoms with E-state index in [1.807, 2.05) is 53.1 Å². The molecule has 3 aliphatic rings. The van der Waals surface area contributed by atoms with E-state index in [1.54, 1.807) is 0 Å². The average molecular weight is 289 g/mol. The van der Waals surface area contributed by atoms with Crippen molar-refractivity contribution in [2.24, 2.45) is 10.7 Å². The monoisotopic (exact) mass is 289 g/mol. The highest BCUT2D eigenvalue weighted by molar-refractivity contribution is 6.22. The molecular weight excluding hydrogens is 276 g/mol. The Hall–Kier alpha value is -2.95. The number of hydrogen-bond donors (Lipinski definition) is 2. The minimum absolute atomic E-state index is 0.0938. The number of benzene rings is 2. The number of hydrogen-bond acceptors (Lipinski definition) is 4. The van der Waals surface area contributed by atoms with E-state index in [4.69, 9.17) is 5.73 Å². The van der Waals surface area contributed by atoms with Gasteiger partial charge in [0.15, 0.2) is 11.8 Å². The number of ketones is 1. The molecule has 22 heavy (non-hydrogen) atoms. The molecule has 2 unspecified atom stereocenters. The van der Waals surface area contributed by atoms with Crippen LogP contribution in [-0.4, -0.2) is 34.1 Å². The van der Waals surface area contributed by atoms with E-state index in [9.17, 15) is 4.79 Å². The molecule has 5 nitrogen and oxygen atoms in total. The molecule has 0 fully saturated rings. The number of carbonyl (C=O) groups excluding carboxylic acids is 1. The second-order valence-corrected chi connectivity index (χ2v) is 5.72. The van der Waals surface area contributed by atoms with E-state index in [1.165, 1.54) is 0 Å². The Labute approximate surface area is 126 Å². The maximum atomic E-state index is 12.9. The minimum Gasteiger partial charge on any atom is -0.371 e. The molecule has 0 amide bonds. The number of anilines is 1. The van der Waals surface area contributed by atoms with Gasteiger partial charge in [0, 0.05) is 11.3 Å². The van der Waals surface area contributed by atoms with E-state index >= 15 is 0 Å². The molecule has 0 saturated heterocycles. The van der Waals surface area contributed by atoms with Crippen LogP contribution in [0.2, 0.25) is 0 Å². The molecule has 0 spiro atoms. The lowest BCUT2D eigenvalue weighted by Gasteiger charge is -2.22. The molecular formula is C17H13N4O+. The van der Waals surface area contributed by atoms with Crippen molar-refractivity contribution in [3.63, 3.8) is 0 Å². The number of nitrogens with one attached hydrogen (secondary N) is 1. The number of rotatable bonds is 0. The predicted octanol–water partition coefficient (Wildman–Crippen LogP) is 1.51. The van der Waals surface area contributed by atoms with E-state index in [2.05, 4.69) is 10.3 Å². The van der Waals surface area contributed by atoms with Gasteiger partial charge in [0.2, 0.25) is 5.78 Å². The summed E-state index contributed by atoms with van der Waals surface area (Å²) in [6, 6.07) is 15.0. The standard InChI is InChI=1S/C17H12N4O/c18-17-20-13-9-5-1-3-7-11(9)19-14(13)15-16(22)10-6-2-4-8-12(10)21(15)17/h1-8,14-15H,(H2,18,19,20)/p+1. The van der Waals surface area contributed by atoms with E-state index in [-0.39, 0.29) is 17.9 Å². The molecule has 106 valence electrons. The van der Waals surface area contributed by atoms with Crippen LogP contribution in [0.4, 0.5) is 11.4 Å². The zero-order valence-electron chi connectivity index (χ0n) is 11.7. The van der Waals surface area contributed by atoms with E-state index in [0.29, 0.717) is 11.5 Å². The molecule has 3 heterocycles. The van der Waals surface area contributed by atoms with Crippen LogP contribution in [0.5, 0.6) is 0 Å². The molecule has 0 bridgehead atoms. The maximum Gasteiger partial charge on any atom is 0.390 e. The van der Waals surface area contributed by atoms with Crippen LogP contribution < -0.4 is 11.1 Å². The highest BCUT2D eigenvalue weighted by atomic mass is 16.1. The lowest BCUT2D eigenvalue weighted by atomic mass is 9.96. The van der Waals surface area contributed by atoms with Gasteiger partial charge < -0.3 is 5.32 Å². The van der Waals surface area contributed by atoms with Gasteiger partial charge in [-0.3, -0.25) is 10.5 Å². The van der Waals surface area contributed by atoms with Crippen molar-refractivity contribution in [2.45, 2.75) is 12.1 Å². The third-order valence-electron chi connectivity index (χ3n) is 4.58. The summed E-state index contributed by atoms with van der Waals surface area (Å²) in [6.07, 6.45) is 0. The van der Waals surface area contributed by atoms with Gasteiger partial charge >= 0.3 is 5.96 Å². The number of aliphatic imine (C=N–C) groups is 1. The summed E-state index contributed by atoms with van der Waals surface area (Å²) in [7, 11) is 0. The Morgan fingerprint density at radius 1 is 1.05 bits per heavy atom. The number of Topliss-reactive ketones (excluding diaryl/α,β-unsaturated/α-hetero) is 1. The fraction of sp³-hybridized carbons (Fsp3) is 0.118. The van der Waals surface area contributed by atoms with Gasteiger partial charge in [-0.05, 0) is 24.3 Å². The second-order valence-electron chi connectivity index (χ2n) is 5.72. The first-order valence-corrected chi connectivity index (χ1v) is 7.25. The van der Waals surface area contributed by atoms with Gasteiger partial charge in [-0.15, -0.1) is 0 Å². The summed E-state index contributed by atoms with van der Waals surface area (Å²) >= 11 is 0. The predicted molar refractivity (Wildman–Crippen MR) is 84.1 cm³/mol. The van der Waals surface area contributed by atoms with Crippen molar-refractivity contribution in [2.75, 3.05) is 5.32 Å². The van der Waals surface area contributed by atoms with Gasteiger partial charge in [0.1, 0.15) is 11.7 Å². The van der Waals surface area contributed by atoms with Crippen molar-refractivity contribution in [1.82, 2.24) is 0 Å². The Morgan fingerprint density at radius 3 is 2.64 bits per heavy atom. The van der Waals surface area contributed by atoms with Crippen molar-refractivity contribution in [1.29, 1.82) is 0 Å². The fourth-order valence-electron chi connectivity index (χ4n) is 3.66. The number of guanidine groups is 1.